The van der Waals surface area contributed by atoms with E-state index < -0.39 is 0 Å². The van der Waals surface area contributed by atoms with E-state index in [9.17, 15) is 4.79 Å². The molecule has 1 amide bonds. The van der Waals surface area contributed by atoms with Crippen LogP contribution in [0.3, 0.4) is 0 Å². The monoisotopic (exact) mass is 288 g/mol. The number of carbonyl (C=O) groups excluding carboxylic acids is 1. The number of anilines is 1. The van der Waals surface area contributed by atoms with Gasteiger partial charge < -0.3 is 10.6 Å². The van der Waals surface area contributed by atoms with Crippen LogP contribution in [0.1, 0.15) is 42.3 Å². The number of unbranched alkanes of at least 4 members (excludes halogenated alkanes) is 1. The molecule has 0 saturated heterocycles. The quantitative estimate of drug-likeness (QED) is 0.907. The number of nitrogens with two attached hydrogens (primary N) is 1. The van der Waals surface area contributed by atoms with Gasteiger partial charge in [-0.2, -0.15) is 0 Å². The lowest BCUT2D eigenvalue weighted by atomic mass is 10.2. The first-order valence-corrected chi connectivity index (χ1v) is 8.12. The topological polar surface area (TPSA) is 46.3 Å². The van der Waals surface area contributed by atoms with E-state index >= 15 is 0 Å². The Balaban J connectivity index is 1.92. The van der Waals surface area contributed by atoms with Crippen molar-refractivity contribution in [2.75, 3.05) is 12.3 Å². The van der Waals surface area contributed by atoms with Crippen LogP contribution in [-0.2, 0) is 0 Å². The molecule has 0 aliphatic heterocycles. The zero-order chi connectivity index (χ0) is 14.1. The second kappa shape index (κ2) is 5.44. The van der Waals surface area contributed by atoms with Gasteiger partial charge in [-0.1, -0.05) is 31.5 Å². The molecular weight excluding hydrogens is 268 g/mol. The van der Waals surface area contributed by atoms with Crippen LogP contribution in [0.4, 0.5) is 5.69 Å². The van der Waals surface area contributed by atoms with Crippen molar-refractivity contribution in [1.82, 2.24) is 4.90 Å². The molecule has 0 bridgehead atoms. The number of fused-ring (bicyclic) bond motifs is 1. The maximum absolute atomic E-state index is 12.8. The van der Waals surface area contributed by atoms with Gasteiger partial charge in [0.1, 0.15) is 4.88 Å². The molecule has 3 nitrogen and oxygen atoms in total. The molecule has 2 N–H and O–H groups in total. The van der Waals surface area contributed by atoms with E-state index in [-0.39, 0.29) is 5.91 Å². The van der Waals surface area contributed by atoms with Gasteiger partial charge in [0, 0.05) is 22.7 Å². The second-order valence-electron chi connectivity index (χ2n) is 5.42. The Morgan fingerprint density at radius 3 is 2.80 bits per heavy atom. The lowest BCUT2D eigenvalue weighted by Crippen LogP contribution is -2.33. The summed E-state index contributed by atoms with van der Waals surface area (Å²) in [5, 5.41) is 1.01. The lowest BCUT2D eigenvalue weighted by Gasteiger charge is -2.21. The van der Waals surface area contributed by atoms with Crippen LogP contribution < -0.4 is 5.73 Å². The standard InChI is InChI=1S/C16H20N2OS/c1-2-3-10-18(11-8-9-11)16(19)15-14(17)12-6-4-5-7-13(12)20-15/h4-7,11H,2-3,8-10,17H2,1H3. The van der Waals surface area contributed by atoms with Crippen LogP contribution in [0, 0.1) is 0 Å². The number of thiophene rings is 1. The highest BCUT2D eigenvalue weighted by Gasteiger charge is 2.34. The number of hydrogen-bond acceptors (Lipinski definition) is 3. The van der Waals surface area contributed by atoms with Gasteiger partial charge in [-0.05, 0) is 25.3 Å². The van der Waals surface area contributed by atoms with Crippen molar-refractivity contribution in [3.8, 4) is 0 Å². The molecule has 20 heavy (non-hydrogen) atoms. The number of nitrogens with zero attached hydrogens (tertiary/aromatic N) is 1. The Labute approximate surface area is 123 Å². The smallest absolute Gasteiger partial charge is 0.266 e. The Morgan fingerprint density at radius 1 is 1.40 bits per heavy atom. The molecule has 4 heteroatoms. The van der Waals surface area contributed by atoms with E-state index in [1.54, 1.807) is 0 Å². The fraction of sp³-hybridized carbons (Fsp3) is 0.438. The lowest BCUT2D eigenvalue weighted by molar-refractivity contribution is 0.0746. The van der Waals surface area contributed by atoms with Crippen molar-refractivity contribution in [3.63, 3.8) is 0 Å². The fourth-order valence-corrected chi connectivity index (χ4v) is 3.60. The molecule has 0 radical (unpaired) electrons. The van der Waals surface area contributed by atoms with E-state index in [1.807, 2.05) is 29.2 Å². The normalized spacial score (nSPS) is 14.7. The molecule has 1 saturated carbocycles. The first-order valence-electron chi connectivity index (χ1n) is 7.30. The Hall–Kier alpha value is -1.55. The van der Waals surface area contributed by atoms with Gasteiger partial charge >= 0.3 is 0 Å². The molecule has 1 aliphatic rings. The Kier molecular flexibility index (Phi) is 3.66. The number of hydrogen-bond donors (Lipinski definition) is 1. The van der Waals surface area contributed by atoms with E-state index in [0.29, 0.717) is 16.6 Å². The summed E-state index contributed by atoms with van der Waals surface area (Å²) in [6.45, 7) is 3.01. The summed E-state index contributed by atoms with van der Waals surface area (Å²) in [7, 11) is 0. The number of nitrogen functional groups attached to an aromatic ring is 1. The van der Waals surface area contributed by atoms with Gasteiger partial charge in [0.2, 0.25) is 0 Å². The predicted molar refractivity (Wildman–Crippen MR) is 85.2 cm³/mol. The number of rotatable bonds is 5. The maximum Gasteiger partial charge on any atom is 0.266 e. The third kappa shape index (κ3) is 2.40. The number of amides is 1. The van der Waals surface area contributed by atoms with Crippen molar-refractivity contribution in [1.29, 1.82) is 0 Å². The minimum absolute atomic E-state index is 0.125. The molecule has 2 aromatic rings. The van der Waals surface area contributed by atoms with Crippen molar-refractivity contribution >= 4 is 33.0 Å². The third-order valence-electron chi connectivity index (χ3n) is 3.83. The van der Waals surface area contributed by atoms with Gasteiger partial charge in [0.25, 0.3) is 5.91 Å². The SMILES string of the molecule is CCCCN(C(=O)c1sc2ccccc2c1N)C1CC1. The van der Waals surface area contributed by atoms with Gasteiger partial charge in [-0.15, -0.1) is 11.3 Å². The summed E-state index contributed by atoms with van der Waals surface area (Å²) in [6, 6.07) is 8.42. The Morgan fingerprint density at radius 2 is 2.15 bits per heavy atom. The molecule has 0 atom stereocenters. The van der Waals surface area contributed by atoms with Crippen molar-refractivity contribution in [2.45, 2.75) is 38.6 Å². The molecule has 1 aromatic carbocycles. The highest BCUT2D eigenvalue weighted by atomic mass is 32.1. The van der Waals surface area contributed by atoms with Crippen molar-refractivity contribution in [3.05, 3.63) is 29.1 Å². The second-order valence-corrected chi connectivity index (χ2v) is 6.48. The van der Waals surface area contributed by atoms with Crippen molar-refractivity contribution < 1.29 is 4.79 Å². The summed E-state index contributed by atoms with van der Waals surface area (Å²) in [5.74, 6) is 0.125. The third-order valence-corrected chi connectivity index (χ3v) is 5.00. The van der Waals surface area contributed by atoms with Crippen LogP contribution >= 0.6 is 11.3 Å². The van der Waals surface area contributed by atoms with Crippen molar-refractivity contribution in [2.24, 2.45) is 0 Å². The van der Waals surface area contributed by atoms with Crippen LogP contribution in [0.25, 0.3) is 10.1 Å². The summed E-state index contributed by atoms with van der Waals surface area (Å²) in [6.07, 6.45) is 4.45. The first kappa shape index (κ1) is 13.4. The van der Waals surface area contributed by atoms with Gasteiger partial charge in [0.15, 0.2) is 0 Å². The molecule has 0 spiro atoms. The molecule has 0 unspecified atom stereocenters. The molecule has 1 aromatic heterocycles. The molecule has 1 aliphatic carbocycles. The molecule has 3 rings (SSSR count). The van der Waals surface area contributed by atoms with Crippen LogP contribution in [0.5, 0.6) is 0 Å². The molecular formula is C16H20N2OS. The molecule has 106 valence electrons. The molecule has 1 heterocycles. The van der Waals surface area contributed by atoms with Crippen LogP contribution in [0.15, 0.2) is 24.3 Å². The van der Waals surface area contributed by atoms with Crippen LogP contribution in [0.2, 0.25) is 0 Å². The summed E-state index contributed by atoms with van der Waals surface area (Å²) in [5.41, 5.74) is 6.84. The van der Waals surface area contributed by atoms with E-state index in [2.05, 4.69) is 6.92 Å². The minimum Gasteiger partial charge on any atom is -0.397 e. The molecule has 1 fully saturated rings. The Bertz CT molecular complexity index is 630. The fourth-order valence-electron chi connectivity index (χ4n) is 2.52. The van der Waals surface area contributed by atoms with Gasteiger partial charge in [0.05, 0.1) is 5.69 Å². The summed E-state index contributed by atoms with van der Waals surface area (Å²) < 4.78 is 1.10. The average molecular weight is 288 g/mol. The number of carbonyl (C=O) groups is 1. The van der Waals surface area contributed by atoms with E-state index in [1.165, 1.54) is 11.3 Å². The van der Waals surface area contributed by atoms with Crippen LogP contribution in [-0.4, -0.2) is 23.4 Å². The predicted octanol–water partition coefficient (Wildman–Crippen LogP) is 3.89. The average Bonchev–Trinajstić information content (AvgIpc) is 3.24. The zero-order valence-corrected chi connectivity index (χ0v) is 12.6. The van der Waals surface area contributed by atoms with Gasteiger partial charge in [-0.3, -0.25) is 4.79 Å². The highest BCUT2D eigenvalue weighted by molar-refractivity contribution is 7.21. The minimum atomic E-state index is 0.125. The summed E-state index contributed by atoms with van der Waals surface area (Å²) in [4.78, 5) is 15.5. The highest BCUT2D eigenvalue weighted by Crippen LogP contribution is 2.36. The maximum atomic E-state index is 12.8. The van der Waals surface area contributed by atoms with Gasteiger partial charge in [-0.25, -0.2) is 0 Å². The summed E-state index contributed by atoms with van der Waals surface area (Å²) >= 11 is 1.52. The van der Waals surface area contributed by atoms with E-state index in [4.69, 9.17) is 5.73 Å². The number of benzene rings is 1. The van der Waals surface area contributed by atoms with E-state index in [0.717, 1.165) is 42.3 Å². The first-order chi connectivity index (χ1) is 9.72. The zero-order valence-electron chi connectivity index (χ0n) is 11.8. The largest absolute Gasteiger partial charge is 0.397 e.